The van der Waals surface area contributed by atoms with E-state index in [-0.39, 0.29) is 25.7 Å². The number of aliphatic hydroxyl groups is 1. The minimum atomic E-state index is -4.95. The van der Waals surface area contributed by atoms with Crippen molar-refractivity contribution in [1.29, 1.82) is 0 Å². The van der Waals surface area contributed by atoms with Gasteiger partial charge < -0.3 is 33.8 Å². The Labute approximate surface area is 543 Å². The van der Waals surface area contributed by atoms with Crippen LogP contribution >= 0.6 is 15.6 Å². The lowest BCUT2D eigenvalue weighted by Crippen LogP contribution is -2.30. The molecule has 0 amide bonds. The standard InChI is InChI=1S/C70H136O17P2/c1-6-9-12-15-17-19-21-22-23-24-25-26-27-28-32-37-41-46-51-56-70(75)87-66(60-81-68(73)54-49-44-39-35-33-29-31-34-38-43-47-52-63(4)5)62-85-89(78,79)83-58-64(71)57-82-88(76,77)84-61-65(59-80-67(72)53-48-42-14-11-8-3)86-69(74)55-50-45-40-36-30-20-18-16-13-10-7-2/h63-66,71H,6-62H2,1-5H3,(H,76,77)(H,78,79)/t64-,65+,66+/m0/s1. The van der Waals surface area contributed by atoms with Crippen LogP contribution in [0.25, 0.3) is 0 Å². The Hall–Kier alpha value is -1.94. The molecule has 5 atom stereocenters. The summed E-state index contributed by atoms with van der Waals surface area (Å²) in [5, 5.41) is 10.6. The first-order valence-corrected chi connectivity index (χ1v) is 39.6. The highest BCUT2D eigenvalue weighted by atomic mass is 31.2. The summed E-state index contributed by atoms with van der Waals surface area (Å²) in [5.41, 5.74) is 0. The fourth-order valence-corrected chi connectivity index (χ4v) is 12.2. The fraction of sp³-hybridized carbons (Fsp3) is 0.943. The van der Waals surface area contributed by atoms with Gasteiger partial charge in [-0.1, -0.05) is 311 Å². The van der Waals surface area contributed by atoms with Crippen LogP contribution in [0.2, 0.25) is 0 Å². The van der Waals surface area contributed by atoms with E-state index in [1.54, 1.807) is 0 Å². The molecule has 0 saturated carbocycles. The van der Waals surface area contributed by atoms with Gasteiger partial charge in [0.15, 0.2) is 12.2 Å². The summed E-state index contributed by atoms with van der Waals surface area (Å²) in [6, 6.07) is 0. The Kier molecular flexibility index (Phi) is 62.1. The van der Waals surface area contributed by atoms with Crippen molar-refractivity contribution in [3.8, 4) is 0 Å². The zero-order chi connectivity index (χ0) is 65.6. The van der Waals surface area contributed by atoms with E-state index in [2.05, 4.69) is 34.6 Å². The van der Waals surface area contributed by atoms with Crippen LogP contribution in [0.1, 0.15) is 362 Å². The van der Waals surface area contributed by atoms with Crippen LogP contribution < -0.4 is 0 Å². The molecule has 19 heteroatoms. The molecule has 0 saturated heterocycles. The highest BCUT2D eigenvalue weighted by molar-refractivity contribution is 7.47. The fourth-order valence-electron chi connectivity index (χ4n) is 10.6. The molecule has 0 aromatic rings. The van der Waals surface area contributed by atoms with Crippen molar-refractivity contribution >= 4 is 39.5 Å². The third-order valence-corrected chi connectivity index (χ3v) is 18.2. The van der Waals surface area contributed by atoms with E-state index < -0.39 is 97.5 Å². The van der Waals surface area contributed by atoms with Gasteiger partial charge in [-0.25, -0.2) is 9.13 Å². The highest BCUT2D eigenvalue weighted by Gasteiger charge is 2.30. The lowest BCUT2D eigenvalue weighted by molar-refractivity contribution is -0.161. The second-order valence-electron chi connectivity index (χ2n) is 25.7. The lowest BCUT2D eigenvalue weighted by atomic mass is 10.0. The third-order valence-electron chi connectivity index (χ3n) is 16.3. The van der Waals surface area contributed by atoms with Gasteiger partial charge in [-0.3, -0.25) is 37.3 Å². The van der Waals surface area contributed by atoms with Crippen LogP contribution in [0.15, 0.2) is 0 Å². The minimum Gasteiger partial charge on any atom is -0.462 e. The predicted octanol–water partition coefficient (Wildman–Crippen LogP) is 20.1. The predicted molar refractivity (Wildman–Crippen MR) is 358 cm³/mol. The van der Waals surface area contributed by atoms with Crippen LogP contribution in [0, 0.1) is 5.92 Å². The molecule has 89 heavy (non-hydrogen) atoms. The number of esters is 4. The van der Waals surface area contributed by atoms with E-state index in [0.29, 0.717) is 25.7 Å². The van der Waals surface area contributed by atoms with Crippen LogP contribution in [0.5, 0.6) is 0 Å². The van der Waals surface area contributed by atoms with Gasteiger partial charge in [0.1, 0.15) is 19.3 Å². The summed E-state index contributed by atoms with van der Waals surface area (Å²) in [4.78, 5) is 72.2. The van der Waals surface area contributed by atoms with Crippen LogP contribution in [0.3, 0.4) is 0 Å². The smallest absolute Gasteiger partial charge is 0.462 e. The quantitative estimate of drug-likeness (QED) is 0.0222. The second-order valence-corrected chi connectivity index (χ2v) is 28.7. The maximum atomic E-state index is 13.0. The number of phosphoric acid groups is 2. The Morgan fingerprint density at radius 2 is 0.517 bits per heavy atom. The summed E-state index contributed by atoms with van der Waals surface area (Å²) in [7, 11) is -9.89. The highest BCUT2D eigenvalue weighted by Crippen LogP contribution is 2.45. The van der Waals surface area contributed by atoms with Crippen molar-refractivity contribution < 1.29 is 80.2 Å². The van der Waals surface area contributed by atoms with E-state index in [1.807, 2.05) is 0 Å². The van der Waals surface area contributed by atoms with Gasteiger partial charge in [0.2, 0.25) is 0 Å². The number of unbranched alkanes of at least 4 members (excludes halogenated alkanes) is 42. The topological polar surface area (TPSA) is 237 Å². The van der Waals surface area contributed by atoms with Crippen molar-refractivity contribution in [2.45, 2.75) is 380 Å². The monoisotopic (exact) mass is 1310 g/mol. The molecule has 0 radical (unpaired) electrons. The first kappa shape index (κ1) is 87.1. The average Bonchev–Trinajstić information content (AvgIpc) is 3.69. The summed E-state index contributed by atoms with van der Waals surface area (Å²) in [6.45, 7) is 7.16. The summed E-state index contributed by atoms with van der Waals surface area (Å²) >= 11 is 0. The van der Waals surface area contributed by atoms with Crippen molar-refractivity contribution in [1.82, 2.24) is 0 Å². The molecular formula is C70H136O17P2. The molecule has 0 heterocycles. The number of hydrogen-bond acceptors (Lipinski definition) is 15. The molecule has 0 aromatic carbocycles. The Bertz CT molecular complexity index is 1720. The minimum absolute atomic E-state index is 0.106. The Morgan fingerprint density at radius 1 is 0.303 bits per heavy atom. The summed E-state index contributed by atoms with van der Waals surface area (Å²) in [6.07, 6.45) is 50.4. The number of rotatable bonds is 70. The van der Waals surface area contributed by atoms with Gasteiger partial charge in [0.05, 0.1) is 26.4 Å². The number of hydrogen-bond donors (Lipinski definition) is 3. The van der Waals surface area contributed by atoms with Crippen LogP contribution in [0.4, 0.5) is 0 Å². The van der Waals surface area contributed by atoms with Gasteiger partial charge in [-0.2, -0.15) is 0 Å². The van der Waals surface area contributed by atoms with Crippen molar-refractivity contribution in [3.63, 3.8) is 0 Å². The molecule has 3 N–H and O–H groups in total. The molecule has 528 valence electrons. The average molecular weight is 1310 g/mol. The molecular weight excluding hydrogens is 1170 g/mol. The lowest BCUT2D eigenvalue weighted by Gasteiger charge is -2.21. The first-order valence-electron chi connectivity index (χ1n) is 36.6. The van der Waals surface area contributed by atoms with Crippen LogP contribution in [-0.2, 0) is 65.4 Å². The zero-order valence-corrected chi connectivity index (χ0v) is 59.4. The van der Waals surface area contributed by atoms with Crippen molar-refractivity contribution in [2.75, 3.05) is 39.6 Å². The van der Waals surface area contributed by atoms with Gasteiger partial charge in [0.25, 0.3) is 0 Å². The molecule has 0 fully saturated rings. The SMILES string of the molecule is CCCCCCCCCCCCCCCCCCCCCC(=O)O[C@H](COC(=O)CCCCCCCCCCCCCC(C)C)COP(=O)(O)OC[C@@H](O)COP(=O)(O)OC[C@@H](COC(=O)CCCCCCC)OC(=O)CCCCCCCCCCCCC. The van der Waals surface area contributed by atoms with Crippen molar-refractivity contribution in [3.05, 3.63) is 0 Å². The number of carbonyl (C=O) groups is 4. The molecule has 0 rings (SSSR count). The first-order chi connectivity index (χ1) is 43.0. The Balaban J connectivity index is 5.14. The normalized spacial score (nSPS) is 14.1. The van der Waals surface area contributed by atoms with Crippen LogP contribution in [-0.4, -0.2) is 96.7 Å². The summed E-state index contributed by atoms with van der Waals surface area (Å²) in [5.74, 6) is -1.36. The maximum absolute atomic E-state index is 13.0. The molecule has 0 aliphatic carbocycles. The number of ether oxygens (including phenoxy) is 4. The van der Waals surface area contributed by atoms with Gasteiger partial charge >= 0.3 is 39.5 Å². The van der Waals surface area contributed by atoms with Gasteiger partial charge in [-0.15, -0.1) is 0 Å². The number of phosphoric ester groups is 2. The van der Waals surface area contributed by atoms with Gasteiger partial charge in [-0.05, 0) is 31.6 Å². The largest absolute Gasteiger partial charge is 0.472 e. The number of carbonyl (C=O) groups excluding carboxylic acids is 4. The molecule has 0 aliphatic heterocycles. The zero-order valence-electron chi connectivity index (χ0n) is 57.6. The van der Waals surface area contributed by atoms with E-state index in [9.17, 15) is 43.2 Å². The molecule has 0 spiro atoms. The molecule has 0 aromatic heterocycles. The van der Waals surface area contributed by atoms with E-state index in [1.165, 1.54) is 180 Å². The van der Waals surface area contributed by atoms with E-state index >= 15 is 0 Å². The number of aliphatic hydroxyl groups excluding tert-OH is 1. The van der Waals surface area contributed by atoms with E-state index in [0.717, 1.165) is 102 Å². The second kappa shape index (κ2) is 63.5. The molecule has 0 aliphatic rings. The summed E-state index contributed by atoms with van der Waals surface area (Å²) < 4.78 is 68.1. The molecule has 0 bridgehead atoms. The van der Waals surface area contributed by atoms with Gasteiger partial charge in [0, 0.05) is 25.7 Å². The molecule has 17 nitrogen and oxygen atoms in total. The van der Waals surface area contributed by atoms with E-state index in [4.69, 9.17) is 37.0 Å². The Morgan fingerprint density at radius 3 is 0.764 bits per heavy atom. The third kappa shape index (κ3) is 64.6. The molecule has 2 unspecified atom stereocenters. The maximum Gasteiger partial charge on any atom is 0.472 e. The van der Waals surface area contributed by atoms with Crippen molar-refractivity contribution in [2.24, 2.45) is 5.92 Å².